The van der Waals surface area contributed by atoms with Crippen LogP contribution >= 0.6 is 0 Å². The molecule has 0 aliphatic rings. The average molecular weight is 286 g/mol. The van der Waals surface area contributed by atoms with Crippen molar-refractivity contribution in [2.75, 3.05) is 11.3 Å². The van der Waals surface area contributed by atoms with Gasteiger partial charge < -0.3 is 5.11 Å². The first kappa shape index (κ1) is 15.5. The van der Waals surface area contributed by atoms with Crippen molar-refractivity contribution in [3.63, 3.8) is 0 Å². The summed E-state index contributed by atoms with van der Waals surface area (Å²) in [5.41, 5.74) is 0.566. The van der Waals surface area contributed by atoms with Gasteiger partial charge >= 0.3 is 5.97 Å². The quantitative estimate of drug-likeness (QED) is 0.740. The van der Waals surface area contributed by atoms with Crippen molar-refractivity contribution >= 4 is 21.9 Å². The molecule has 0 unspecified atom stereocenters. The minimum absolute atomic E-state index is 0.0741. The zero-order chi connectivity index (χ0) is 14.6. The number of hydrogen-bond acceptors (Lipinski definition) is 3. The molecule has 0 aliphatic carbocycles. The number of aryl methyl sites for hydroxylation is 1. The molecule has 0 radical (unpaired) electrons. The third kappa shape index (κ3) is 4.53. The van der Waals surface area contributed by atoms with Gasteiger partial charge in [-0.3, -0.25) is 4.72 Å². The van der Waals surface area contributed by atoms with Gasteiger partial charge in [-0.25, -0.2) is 4.79 Å². The van der Waals surface area contributed by atoms with Crippen LogP contribution in [-0.4, -0.2) is 26.0 Å². The normalized spacial score (nSPS) is 11.6. The van der Waals surface area contributed by atoms with Crippen LogP contribution in [0.25, 0.3) is 0 Å². The monoisotopic (exact) mass is 286 g/mol. The van der Waals surface area contributed by atoms with Crippen LogP contribution in [0.15, 0.2) is 18.2 Å². The standard InChI is InChI=1S/C12H18N2O4S/c1-8(2)7-13-19(17,18)14-11-9(3)5-4-6-10(11)12(15)16/h4-6,8,13-14H,7H2,1-3H3,(H,15,16). The highest BCUT2D eigenvalue weighted by Crippen LogP contribution is 2.21. The van der Waals surface area contributed by atoms with E-state index in [-0.39, 0.29) is 23.7 Å². The van der Waals surface area contributed by atoms with E-state index in [2.05, 4.69) is 9.44 Å². The van der Waals surface area contributed by atoms with Crippen molar-refractivity contribution in [2.45, 2.75) is 20.8 Å². The van der Waals surface area contributed by atoms with Crippen molar-refractivity contribution in [1.29, 1.82) is 0 Å². The molecule has 0 aliphatic heterocycles. The molecule has 1 aromatic carbocycles. The van der Waals surface area contributed by atoms with E-state index in [4.69, 9.17) is 5.11 Å². The summed E-state index contributed by atoms with van der Waals surface area (Å²) >= 11 is 0. The number of carbonyl (C=O) groups is 1. The van der Waals surface area contributed by atoms with E-state index in [0.29, 0.717) is 5.56 Å². The molecule has 0 amide bonds. The summed E-state index contributed by atoms with van der Waals surface area (Å²) in [6, 6.07) is 4.57. The highest BCUT2D eigenvalue weighted by Gasteiger charge is 2.17. The first-order chi connectivity index (χ1) is 8.73. The first-order valence-corrected chi connectivity index (χ1v) is 7.31. The highest BCUT2D eigenvalue weighted by atomic mass is 32.2. The minimum atomic E-state index is -3.77. The molecule has 0 heterocycles. The molecule has 0 fully saturated rings. The molecule has 1 aromatic rings. The van der Waals surface area contributed by atoms with Crippen LogP contribution in [0, 0.1) is 12.8 Å². The van der Waals surface area contributed by atoms with Crippen molar-refractivity contribution in [3.05, 3.63) is 29.3 Å². The predicted octanol–water partition coefficient (Wildman–Crippen LogP) is 1.60. The molecule has 3 N–H and O–H groups in total. The predicted molar refractivity (Wildman–Crippen MR) is 73.5 cm³/mol. The molecule has 0 aromatic heterocycles. The van der Waals surface area contributed by atoms with Crippen molar-refractivity contribution < 1.29 is 18.3 Å². The summed E-state index contributed by atoms with van der Waals surface area (Å²) < 4.78 is 28.3. The Balaban J connectivity index is 3.02. The zero-order valence-corrected chi connectivity index (χ0v) is 11.9. The van der Waals surface area contributed by atoms with Gasteiger partial charge in [0.25, 0.3) is 10.2 Å². The second kappa shape index (κ2) is 6.03. The molecular weight excluding hydrogens is 268 g/mol. The lowest BCUT2D eigenvalue weighted by Gasteiger charge is -2.14. The third-order valence-corrected chi connectivity index (χ3v) is 3.44. The Hall–Kier alpha value is -1.60. The van der Waals surface area contributed by atoms with Crippen molar-refractivity contribution in [3.8, 4) is 0 Å². The maximum absolute atomic E-state index is 11.8. The second-order valence-corrected chi connectivity index (χ2v) is 6.15. The summed E-state index contributed by atoms with van der Waals surface area (Å²) in [6.07, 6.45) is 0. The fourth-order valence-corrected chi connectivity index (χ4v) is 2.59. The Bertz CT molecular complexity index is 567. The molecule has 0 atom stereocenters. The van der Waals surface area contributed by atoms with E-state index in [9.17, 15) is 13.2 Å². The van der Waals surface area contributed by atoms with Crippen LogP contribution in [0.5, 0.6) is 0 Å². The lowest BCUT2D eigenvalue weighted by atomic mass is 10.1. The van der Waals surface area contributed by atoms with Gasteiger partial charge in [0.15, 0.2) is 0 Å². The largest absolute Gasteiger partial charge is 0.478 e. The van der Waals surface area contributed by atoms with Gasteiger partial charge in [-0.1, -0.05) is 26.0 Å². The summed E-state index contributed by atoms with van der Waals surface area (Å²) in [7, 11) is -3.77. The lowest BCUT2D eigenvalue weighted by Crippen LogP contribution is -2.33. The van der Waals surface area contributed by atoms with E-state index < -0.39 is 16.2 Å². The number of carboxylic acids is 1. The van der Waals surface area contributed by atoms with Gasteiger partial charge in [0.2, 0.25) is 0 Å². The zero-order valence-electron chi connectivity index (χ0n) is 11.1. The molecule has 0 spiro atoms. The second-order valence-electron chi connectivity index (χ2n) is 4.65. The molecule has 0 saturated carbocycles. The van der Waals surface area contributed by atoms with Crippen LogP contribution in [0.1, 0.15) is 29.8 Å². The molecule has 6 nitrogen and oxygen atoms in total. The summed E-state index contributed by atoms with van der Waals surface area (Å²) in [5.74, 6) is -1.02. The Morgan fingerprint density at radius 3 is 2.53 bits per heavy atom. The fourth-order valence-electron chi connectivity index (χ4n) is 1.43. The number of anilines is 1. The average Bonchev–Trinajstić information content (AvgIpc) is 2.29. The molecule has 1 rings (SSSR count). The maximum Gasteiger partial charge on any atom is 0.337 e. The molecular formula is C12H18N2O4S. The van der Waals surface area contributed by atoms with Crippen LogP contribution in [0.3, 0.4) is 0 Å². The van der Waals surface area contributed by atoms with Gasteiger partial charge in [0, 0.05) is 6.54 Å². The van der Waals surface area contributed by atoms with Gasteiger partial charge in [0.05, 0.1) is 11.3 Å². The Morgan fingerprint density at radius 1 is 1.37 bits per heavy atom. The van der Waals surface area contributed by atoms with Gasteiger partial charge in [-0.2, -0.15) is 13.1 Å². The van der Waals surface area contributed by atoms with Gasteiger partial charge in [-0.05, 0) is 24.5 Å². The number of benzene rings is 1. The van der Waals surface area contributed by atoms with Crippen LogP contribution in [0.2, 0.25) is 0 Å². The van der Waals surface area contributed by atoms with Crippen LogP contribution in [-0.2, 0) is 10.2 Å². The molecule has 7 heteroatoms. The molecule has 0 saturated heterocycles. The summed E-state index contributed by atoms with van der Waals surface area (Å²) in [6.45, 7) is 5.67. The number of rotatable bonds is 6. The number of hydrogen-bond donors (Lipinski definition) is 3. The lowest BCUT2D eigenvalue weighted by molar-refractivity contribution is 0.0698. The molecule has 19 heavy (non-hydrogen) atoms. The third-order valence-electron chi connectivity index (χ3n) is 2.42. The number of aromatic carboxylic acids is 1. The Labute approximate surface area is 113 Å². The van der Waals surface area contributed by atoms with E-state index in [1.165, 1.54) is 6.07 Å². The van der Waals surface area contributed by atoms with E-state index in [1.807, 2.05) is 13.8 Å². The van der Waals surface area contributed by atoms with E-state index in [1.54, 1.807) is 19.1 Å². The number of nitrogens with one attached hydrogen (secondary N) is 2. The van der Waals surface area contributed by atoms with Crippen molar-refractivity contribution in [1.82, 2.24) is 4.72 Å². The topological polar surface area (TPSA) is 95.5 Å². The van der Waals surface area contributed by atoms with Gasteiger partial charge in [-0.15, -0.1) is 0 Å². The van der Waals surface area contributed by atoms with Crippen LogP contribution in [0.4, 0.5) is 5.69 Å². The fraction of sp³-hybridized carbons (Fsp3) is 0.417. The smallest absolute Gasteiger partial charge is 0.337 e. The Kier molecular flexibility index (Phi) is 4.90. The van der Waals surface area contributed by atoms with E-state index in [0.717, 1.165) is 0 Å². The molecule has 0 bridgehead atoms. The SMILES string of the molecule is Cc1cccc(C(=O)O)c1NS(=O)(=O)NCC(C)C. The van der Waals surface area contributed by atoms with E-state index >= 15 is 0 Å². The van der Waals surface area contributed by atoms with Gasteiger partial charge in [0.1, 0.15) is 0 Å². The number of para-hydroxylation sites is 1. The molecule has 106 valence electrons. The highest BCUT2D eigenvalue weighted by molar-refractivity contribution is 7.90. The van der Waals surface area contributed by atoms with Crippen molar-refractivity contribution in [2.24, 2.45) is 5.92 Å². The summed E-state index contributed by atoms with van der Waals surface area (Å²) in [4.78, 5) is 11.1. The number of carboxylic acid groups (broad SMARTS) is 1. The summed E-state index contributed by atoms with van der Waals surface area (Å²) in [5, 5.41) is 9.05. The first-order valence-electron chi connectivity index (χ1n) is 5.83. The Morgan fingerprint density at radius 2 is 2.00 bits per heavy atom. The maximum atomic E-state index is 11.8. The van der Waals surface area contributed by atoms with Crippen LogP contribution < -0.4 is 9.44 Å². The minimum Gasteiger partial charge on any atom is -0.478 e.